The summed E-state index contributed by atoms with van der Waals surface area (Å²) < 4.78 is 0. The van der Waals surface area contributed by atoms with Crippen LogP contribution in [0.3, 0.4) is 0 Å². The van der Waals surface area contributed by atoms with Crippen LogP contribution in [-0.4, -0.2) is 56.8 Å². The zero-order chi connectivity index (χ0) is 18.7. The Labute approximate surface area is 152 Å². The van der Waals surface area contributed by atoms with Crippen LogP contribution in [0.2, 0.25) is 0 Å². The summed E-state index contributed by atoms with van der Waals surface area (Å²) in [4.78, 5) is 17.5. The molecule has 1 aromatic carbocycles. The smallest absolute Gasteiger partial charge is 0.231 e. The lowest BCUT2D eigenvalue weighted by molar-refractivity contribution is -0.119. The average molecular weight is 356 g/mol. The minimum Gasteiger partial charge on any atom is -0.507 e. The SMILES string of the molecule is Cc1cc(C)c(-c2ncc(NC3CCCN(CC(N)=O)C3)nn2)c(O)c1. The van der Waals surface area contributed by atoms with E-state index in [2.05, 4.69) is 20.5 Å². The van der Waals surface area contributed by atoms with Gasteiger partial charge in [-0.15, -0.1) is 10.2 Å². The molecule has 0 radical (unpaired) electrons. The summed E-state index contributed by atoms with van der Waals surface area (Å²) in [6.07, 6.45) is 3.59. The Balaban J connectivity index is 1.69. The Morgan fingerprint density at radius 1 is 1.38 bits per heavy atom. The second-order valence-corrected chi connectivity index (χ2v) is 6.83. The van der Waals surface area contributed by atoms with Gasteiger partial charge in [0, 0.05) is 12.6 Å². The number of nitrogens with zero attached hydrogens (tertiary/aromatic N) is 4. The van der Waals surface area contributed by atoms with Crippen LogP contribution in [0.25, 0.3) is 11.4 Å². The van der Waals surface area contributed by atoms with Crippen molar-refractivity contribution < 1.29 is 9.90 Å². The average Bonchev–Trinajstić information content (AvgIpc) is 2.55. The number of piperidine rings is 1. The molecular formula is C18H24N6O2. The van der Waals surface area contributed by atoms with Gasteiger partial charge in [-0.25, -0.2) is 4.98 Å². The van der Waals surface area contributed by atoms with Crippen molar-refractivity contribution in [2.45, 2.75) is 32.7 Å². The number of likely N-dealkylation sites (tertiary alicyclic amines) is 1. The molecule has 1 amide bonds. The third-order valence-corrected chi connectivity index (χ3v) is 4.48. The highest BCUT2D eigenvalue weighted by molar-refractivity contribution is 5.76. The molecule has 2 heterocycles. The lowest BCUT2D eigenvalue weighted by atomic mass is 10.0. The van der Waals surface area contributed by atoms with Gasteiger partial charge in [-0.3, -0.25) is 9.69 Å². The molecule has 3 rings (SSSR count). The number of hydrogen-bond acceptors (Lipinski definition) is 7. The quantitative estimate of drug-likeness (QED) is 0.737. The Morgan fingerprint density at radius 2 is 2.19 bits per heavy atom. The van der Waals surface area contributed by atoms with Crippen molar-refractivity contribution in [2.75, 3.05) is 25.0 Å². The van der Waals surface area contributed by atoms with E-state index < -0.39 is 0 Å². The largest absolute Gasteiger partial charge is 0.507 e. The summed E-state index contributed by atoms with van der Waals surface area (Å²) in [5.41, 5.74) is 7.75. The highest BCUT2D eigenvalue weighted by atomic mass is 16.3. The van der Waals surface area contributed by atoms with E-state index in [1.54, 1.807) is 12.3 Å². The van der Waals surface area contributed by atoms with Crippen LogP contribution in [0.1, 0.15) is 24.0 Å². The van der Waals surface area contributed by atoms with Gasteiger partial charge >= 0.3 is 0 Å². The maximum Gasteiger partial charge on any atom is 0.231 e. The highest BCUT2D eigenvalue weighted by Gasteiger charge is 2.21. The summed E-state index contributed by atoms with van der Waals surface area (Å²) in [7, 11) is 0. The van der Waals surface area contributed by atoms with Crippen LogP contribution in [-0.2, 0) is 4.79 Å². The fourth-order valence-corrected chi connectivity index (χ4v) is 3.44. The molecule has 4 N–H and O–H groups in total. The van der Waals surface area contributed by atoms with E-state index in [9.17, 15) is 9.90 Å². The van der Waals surface area contributed by atoms with Gasteiger partial charge in [0.1, 0.15) is 5.75 Å². The maximum absolute atomic E-state index is 11.1. The predicted molar refractivity (Wildman–Crippen MR) is 98.7 cm³/mol. The summed E-state index contributed by atoms with van der Waals surface area (Å²) in [5.74, 6) is 0.803. The number of primary amides is 1. The summed E-state index contributed by atoms with van der Waals surface area (Å²) >= 11 is 0. The molecule has 0 saturated carbocycles. The third-order valence-electron chi connectivity index (χ3n) is 4.48. The van der Waals surface area contributed by atoms with Crippen LogP contribution in [0.15, 0.2) is 18.3 Å². The number of aromatic hydroxyl groups is 1. The number of aromatic nitrogens is 3. The summed E-state index contributed by atoms with van der Waals surface area (Å²) in [5, 5.41) is 21.9. The molecule has 0 aliphatic carbocycles. The molecule has 8 heteroatoms. The minimum absolute atomic E-state index is 0.152. The molecule has 1 fully saturated rings. The number of benzene rings is 1. The molecular weight excluding hydrogens is 332 g/mol. The van der Waals surface area contributed by atoms with Crippen molar-refractivity contribution in [1.29, 1.82) is 0 Å². The van der Waals surface area contributed by atoms with Gasteiger partial charge < -0.3 is 16.2 Å². The maximum atomic E-state index is 11.1. The first-order valence-electron chi connectivity index (χ1n) is 8.70. The van der Waals surface area contributed by atoms with Crippen molar-refractivity contribution in [1.82, 2.24) is 20.1 Å². The molecule has 1 aliphatic rings. The van der Waals surface area contributed by atoms with Crippen LogP contribution < -0.4 is 11.1 Å². The number of carbonyl (C=O) groups is 1. The second-order valence-electron chi connectivity index (χ2n) is 6.83. The lowest BCUT2D eigenvalue weighted by Gasteiger charge is -2.32. The Bertz CT molecular complexity index is 770. The summed E-state index contributed by atoms with van der Waals surface area (Å²) in [6, 6.07) is 3.83. The van der Waals surface area contributed by atoms with Gasteiger partial charge in [0.15, 0.2) is 11.6 Å². The molecule has 1 aliphatic heterocycles. The van der Waals surface area contributed by atoms with Crippen molar-refractivity contribution in [3.05, 3.63) is 29.5 Å². The number of phenols is 1. The van der Waals surface area contributed by atoms with Crippen molar-refractivity contribution in [3.63, 3.8) is 0 Å². The topological polar surface area (TPSA) is 117 Å². The molecule has 138 valence electrons. The molecule has 1 atom stereocenters. The minimum atomic E-state index is -0.315. The molecule has 0 spiro atoms. The first-order valence-corrected chi connectivity index (χ1v) is 8.70. The van der Waals surface area contributed by atoms with Gasteiger partial charge in [0.25, 0.3) is 0 Å². The molecule has 1 unspecified atom stereocenters. The lowest BCUT2D eigenvalue weighted by Crippen LogP contribution is -2.45. The van der Waals surface area contributed by atoms with Crippen LogP contribution in [0, 0.1) is 13.8 Å². The van der Waals surface area contributed by atoms with Gasteiger partial charge in [0.2, 0.25) is 5.91 Å². The third kappa shape index (κ3) is 4.26. The number of nitrogens with two attached hydrogens (primary N) is 1. The molecule has 8 nitrogen and oxygen atoms in total. The number of phenolic OH excluding ortho intramolecular Hbond substituents is 1. The molecule has 1 saturated heterocycles. The number of aryl methyl sites for hydroxylation is 2. The Morgan fingerprint density at radius 3 is 2.85 bits per heavy atom. The Kier molecular flexibility index (Phi) is 5.32. The zero-order valence-corrected chi connectivity index (χ0v) is 15.1. The number of anilines is 1. The number of carbonyl (C=O) groups excluding carboxylic acids is 1. The van der Waals surface area contributed by atoms with Crippen LogP contribution in [0.4, 0.5) is 5.82 Å². The van der Waals surface area contributed by atoms with Crippen molar-refractivity contribution >= 4 is 11.7 Å². The number of amides is 1. The second kappa shape index (κ2) is 7.65. The number of hydrogen-bond donors (Lipinski definition) is 3. The van der Waals surface area contributed by atoms with Crippen LogP contribution in [0.5, 0.6) is 5.75 Å². The molecule has 1 aromatic heterocycles. The fraction of sp³-hybridized carbons (Fsp3) is 0.444. The first kappa shape index (κ1) is 18.1. The molecule has 2 aromatic rings. The number of rotatable bonds is 5. The predicted octanol–water partition coefficient (Wildman–Crippen LogP) is 1.22. The van der Waals surface area contributed by atoms with E-state index >= 15 is 0 Å². The first-order chi connectivity index (χ1) is 12.4. The van der Waals surface area contributed by atoms with Gasteiger partial charge in [-0.2, -0.15) is 0 Å². The number of nitrogens with one attached hydrogen (secondary N) is 1. The van der Waals surface area contributed by atoms with Crippen LogP contribution >= 0.6 is 0 Å². The molecule has 0 bridgehead atoms. The standard InChI is InChI=1S/C18H24N6O2/c1-11-6-12(2)17(14(25)7-11)18-20-8-16(22-23-18)21-13-4-3-5-24(9-13)10-15(19)26/h6-8,13,25H,3-5,9-10H2,1-2H3,(H2,19,26)(H,21,22). The zero-order valence-electron chi connectivity index (χ0n) is 15.1. The van der Waals surface area contributed by atoms with Gasteiger partial charge in [0.05, 0.1) is 18.3 Å². The van der Waals surface area contributed by atoms with Gasteiger partial charge in [-0.05, 0) is 50.4 Å². The molecule has 26 heavy (non-hydrogen) atoms. The highest BCUT2D eigenvalue weighted by Crippen LogP contribution is 2.30. The van der Waals surface area contributed by atoms with Crippen molar-refractivity contribution in [2.24, 2.45) is 5.73 Å². The van der Waals surface area contributed by atoms with E-state index in [0.29, 0.717) is 17.2 Å². The Hall–Kier alpha value is -2.74. The van der Waals surface area contributed by atoms with E-state index in [1.165, 1.54) is 0 Å². The summed E-state index contributed by atoms with van der Waals surface area (Å²) in [6.45, 7) is 5.70. The van der Waals surface area contributed by atoms with Gasteiger partial charge in [-0.1, -0.05) is 6.07 Å². The fourth-order valence-electron chi connectivity index (χ4n) is 3.44. The van der Waals surface area contributed by atoms with E-state index in [-0.39, 0.29) is 24.2 Å². The monoisotopic (exact) mass is 356 g/mol. The van der Waals surface area contributed by atoms with Crippen molar-refractivity contribution in [3.8, 4) is 17.1 Å². The van der Waals surface area contributed by atoms with E-state index in [4.69, 9.17) is 5.73 Å². The van der Waals surface area contributed by atoms with E-state index in [1.807, 2.05) is 24.8 Å². The normalized spacial score (nSPS) is 17.8. The van der Waals surface area contributed by atoms with E-state index in [0.717, 1.165) is 37.1 Å².